The molecule has 0 amide bonds. The highest BCUT2D eigenvalue weighted by Crippen LogP contribution is 2.61. The van der Waals surface area contributed by atoms with Crippen LogP contribution in [0.2, 0.25) is 0 Å². The lowest BCUT2D eigenvalue weighted by molar-refractivity contribution is -0.142. The Balaban J connectivity index is 1.99. The SMILES string of the molecule is O=C(O)C12C=C3C=CC=C3C=C1C1CC1=C2. The zero-order valence-corrected chi connectivity index (χ0v) is 8.60. The monoisotopic (exact) mass is 210 g/mol. The van der Waals surface area contributed by atoms with Gasteiger partial charge in [0.2, 0.25) is 0 Å². The van der Waals surface area contributed by atoms with Crippen molar-refractivity contribution in [1.29, 1.82) is 0 Å². The van der Waals surface area contributed by atoms with Crippen molar-refractivity contribution in [2.75, 3.05) is 0 Å². The van der Waals surface area contributed by atoms with Crippen molar-refractivity contribution in [2.24, 2.45) is 11.3 Å². The molecular weight excluding hydrogens is 200 g/mol. The standard InChI is InChI=1S/C14H10O2/c15-13(16)14-6-9-3-1-2-8(9)5-12(14)11-4-10(11)7-14/h1-3,5-7,11H,4H2,(H,15,16). The molecule has 0 spiro atoms. The van der Waals surface area contributed by atoms with Gasteiger partial charge >= 0.3 is 5.97 Å². The van der Waals surface area contributed by atoms with Crippen LogP contribution in [0, 0.1) is 11.3 Å². The number of fused-ring (bicyclic) bond motifs is 4. The molecule has 78 valence electrons. The highest BCUT2D eigenvalue weighted by molar-refractivity contribution is 5.90. The molecule has 1 fully saturated rings. The van der Waals surface area contributed by atoms with Crippen LogP contribution in [0.25, 0.3) is 0 Å². The average Bonchev–Trinajstić information content (AvgIpc) is 2.73. The van der Waals surface area contributed by atoms with Crippen molar-refractivity contribution in [3.8, 4) is 0 Å². The van der Waals surface area contributed by atoms with Crippen LogP contribution in [-0.4, -0.2) is 11.1 Å². The summed E-state index contributed by atoms with van der Waals surface area (Å²) >= 11 is 0. The first-order chi connectivity index (χ1) is 7.71. The number of carboxylic acids is 1. The molecule has 0 aromatic carbocycles. The second kappa shape index (κ2) is 2.29. The van der Waals surface area contributed by atoms with Gasteiger partial charge in [0.1, 0.15) is 5.41 Å². The zero-order valence-electron chi connectivity index (χ0n) is 8.60. The first-order valence-electron chi connectivity index (χ1n) is 5.49. The minimum absolute atomic E-state index is 0.412. The molecule has 4 aliphatic carbocycles. The van der Waals surface area contributed by atoms with Crippen LogP contribution >= 0.6 is 0 Å². The highest BCUT2D eigenvalue weighted by atomic mass is 16.4. The largest absolute Gasteiger partial charge is 0.480 e. The highest BCUT2D eigenvalue weighted by Gasteiger charge is 2.55. The van der Waals surface area contributed by atoms with E-state index in [0.29, 0.717) is 5.92 Å². The van der Waals surface area contributed by atoms with Crippen LogP contribution in [0.5, 0.6) is 0 Å². The van der Waals surface area contributed by atoms with Gasteiger partial charge in [-0.2, -0.15) is 0 Å². The Hall–Kier alpha value is -1.83. The summed E-state index contributed by atoms with van der Waals surface area (Å²) in [6, 6.07) is 0. The van der Waals surface area contributed by atoms with Gasteiger partial charge in [-0.3, -0.25) is 4.79 Å². The van der Waals surface area contributed by atoms with Gasteiger partial charge in [0.05, 0.1) is 0 Å². The van der Waals surface area contributed by atoms with Gasteiger partial charge in [0.25, 0.3) is 0 Å². The smallest absolute Gasteiger partial charge is 0.321 e. The van der Waals surface area contributed by atoms with E-state index in [1.807, 2.05) is 30.4 Å². The van der Waals surface area contributed by atoms with Gasteiger partial charge in [-0.05, 0) is 23.1 Å². The van der Waals surface area contributed by atoms with Crippen molar-refractivity contribution >= 4 is 5.97 Å². The first kappa shape index (κ1) is 8.34. The summed E-state index contributed by atoms with van der Waals surface area (Å²) in [5, 5.41) is 9.48. The molecule has 0 radical (unpaired) electrons. The van der Waals surface area contributed by atoms with Crippen LogP contribution in [0.4, 0.5) is 0 Å². The van der Waals surface area contributed by atoms with Gasteiger partial charge in [0, 0.05) is 5.92 Å². The summed E-state index contributed by atoms with van der Waals surface area (Å²) in [5.41, 5.74) is 3.74. The Morgan fingerprint density at radius 2 is 2.25 bits per heavy atom. The molecule has 2 nitrogen and oxygen atoms in total. The summed E-state index contributed by atoms with van der Waals surface area (Å²) in [7, 11) is 0. The second-order valence-electron chi connectivity index (χ2n) is 4.83. The molecule has 0 bridgehead atoms. The molecule has 1 saturated carbocycles. The van der Waals surface area contributed by atoms with Crippen molar-refractivity contribution in [3.63, 3.8) is 0 Å². The Labute approximate surface area is 93.0 Å². The number of carboxylic acid groups (broad SMARTS) is 1. The summed E-state index contributed by atoms with van der Waals surface area (Å²) in [4.78, 5) is 11.5. The summed E-state index contributed by atoms with van der Waals surface area (Å²) in [5.74, 6) is -0.333. The maximum Gasteiger partial charge on any atom is 0.321 e. The quantitative estimate of drug-likeness (QED) is 0.675. The molecule has 0 aromatic heterocycles. The molecule has 4 aliphatic rings. The third-order valence-electron chi connectivity index (χ3n) is 3.93. The van der Waals surface area contributed by atoms with E-state index in [0.717, 1.165) is 23.1 Å². The van der Waals surface area contributed by atoms with E-state index < -0.39 is 11.4 Å². The number of hydrogen-bond acceptors (Lipinski definition) is 1. The number of aliphatic carboxylic acids is 1. The molecule has 0 saturated heterocycles. The van der Waals surface area contributed by atoms with E-state index in [9.17, 15) is 9.90 Å². The maximum atomic E-state index is 11.5. The van der Waals surface area contributed by atoms with Gasteiger partial charge in [-0.25, -0.2) is 0 Å². The Morgan fingerprint density at radius 1 is 1.38 bits per heavy atom. The summed E-state index contributed by atoms with van der Waals surface area (Å²) in [6.07, 6.45) is 13.0. The zero-order chi connectivity index (χ0) is 10.9. The van der Waals surface area contributed by atoms with Crippen LogP contribution in [0.3, 0.4) is 0 Å². The number of hydrogen-bond donors (Lipinski definition) is 1. The molecule has 16 heavy (non-hydrogen) atoms. The van der Waals surface area contributed by atoms with Gasteiger partial charge in [0.15, 0.2) is 0 Å². The first-order valence-corrected chi connectivity index (χ1v) is 5.49. The predicted octanol–water partition coefficient (Wildman–Crippen LogP) is 2.38. The average molecular weight is 210 g/mol. The molecular formula is C14H10O2. The van der Waals surface area contributed by atoms with E-state index in [1.165, 1.54) is 5.57 Å². The lowest BCUT2D eigenvalue weighted by Crippen LogP contribution is -2.30. The molecule has 0 heterocycles. The molecule has 2 heteroatoms. The van der Waals surface area contributed by atoms with E-state index in [4.69, 9.17) is 0 Å². The van der Waals surface area contributed by atoms with E-state index in [2.05, 4.69) is 6.08 Å². The van der Waals surface area contributed by atoms with Gasteiger partial charge < -0.3 is 5.11 Å². The number of carbonyl (C=O) groups is 1. The molecule has 0 aromatic rings. The van der Waals surface area contributed by atoms with Crippen LogP contribution in [0.1, 0.15) is 6.42 Å². The summed E-state index contributed by atoms with van der Waals surface area (Å²) < 4.78 is 0. The van der Waals surface area contributed by atoms with Crippen molar-refractivity contribution in [2.45, 2.75) is 6.42 Å². The minimum Gasteiger partial charge on any atom is -0.480 e. The Morgan fingerprint density at radius 3 is 3.06 bits per heavy atom. The van der Waals surface area contributed by atoms with Crippen LogP contribution in [0.15, 0.2) is 58.7 Å². The normalized spacial score (nSPS) is 36.6. The topological polar surface area (TPSA) is 37.3 Å². The lowest BCUT2D eigenvalue weighted by Gasteiger charge is -2.28. The second-order valence-corrected chi connectivity index (χ2v) is 4.83. The Kier molecular flexibility index (Phi) is 1.19. The third kappa shape index (κ3) is 0.778. The molecule has 1 N–H and O–H groups in total. The molecule has 0 aliphatic heterocycles. The lowest BCUT2D eigenvalue weighted by atomic mass is 9.74. The predicted molar refractivity (Wildman–Crippen MR) is 59.6 cm³/mol. The third-order valence-corrected chi connectivity index (χ3v) is 3.93. The summed E-state index contributed by atoms with van der Waals surface area (Å²) in [6.45, 7) is 0. The van der Waals surface area contributed by atoms with Crippen LogP contribution in [-0.2, 0) is 4.79 Å². The van der Waals surface area contributed by atoms with E-state index >= 15 is 0 Å². The number of rotatable bonds is 1. The fourth-order valence-corrected chi connectivity index (χ4v) is 3.03. The Bertz CT molecular complexity index is 584. The van der Waals surface area contributed by atoms with Crippen molar-refractivity contribution in [1.82, 2.24) is 0 Å². The van der Waals surface area contributed by atoms with E-state index in [1.54, 1.807) is 0 Å². The van der Waals surface area contributed by atoms with Crippen molar-refractivity contribution in [3.05, 3.63) is 58.7 Å². The maximum absolute atomic E-state index is 11.5. The van der Waals surface area contributed by atoms with Crippen LogP contribution < -0.4 is 0 Å². The molecule has 2 unspecified atom stereocenters. The van der Waals surface area contributed by atoms with Gasteiger partial charge in [-0.15, -0.1) is 0 Å². The molecule has 4 rings (SSSR count). The van der Waals surface area contributed by atoms with Crippen molar-refractivity contribution < 1.29 is 9.90 Å². The molecule has 2 atom stereocenters. The number of allylic oxidation sites excluding steroid dienone is 7. The minimum atomic E-state index is -0.834. The van der Waals surface area contributed by atoms with Gasteiger partial charge in [-0.1, -0.05) is 42.0 Å². The van der Waals surface area contributed by atoms with E-state index in [-0.39, 0.29) is 0 Å². The fraction of sp³-hybridized carbons (Fsp3) is 0.214. The fourth-order valence-electron chi connectivity index (χ4n) is 3.03.